The van der Waals surface area contributed by atoms with Crippen LogP contribution in [0.5, 0.6) is 0 Å². The van der Waals surface area contributed by atoms with Crippen LogP contribution in [0, 0.1) is 0 Å². The third-order valence-corrected chi connectivity index (χ3v) is 4.79. The van der Waals surface area contributed by atoms with Gasteiger partial charge in [-0.3, -0.25) is 9.80 Å². The molecule has 1 aromatic rings. The van der Waals surface area contributed by atoms with Crippen molar-refractivity contribution in [3.05, 3.63) is 22.2 Å². The molecular weight excluding hydrogens is 248 g/mol. The summed E-state index contributed by atoms with van der Waals surface area (Å²) < 4.78 is 0. The van der Waals surface area contributed by atoms with E-state index in [-0.39, 0.29) is 0 Å². The Morgan fingerprint density at radius 1 is 1.06 bits per heavy atom. The average molecular weight is 265 g/mol. The van der Waals surface area contributed by atoms with Gasteiger partial charge in [0.05, 0.1) is 6.04 Å². The van der Waals surface area contributed by atoms with E-state index in [9.17, 15) is 0 Å². The van der Waals surface area contributed by atoms with Crippen LogP contribution in [0.1, 0.15) is 29.5 Å². The summed E-state index contributed by atoms with van der Waals surface area (Å²) in [5, 5.41) is 0.699. The Labute approximate surface area is 112 Å². The third kappa shape index (κ3) is 1.67. The third-order valence-electron chi connectivity index (χ3n) is 4.48. The number of aromatic nitrogens is 2. The zero-order chi connectivity index (χ0) is 12.1. The minimum Gasteiger partial charge on any atom is -0.299 e. The van der Waals surface area contributed by atoms with Crippen molar-refractivity contribution >= 4 is 11.6 Å². The van der Waals surface area contributed by atoms with Crippen LogP contribution in [0.4, 0.5) is 0 Å². The normalized spacial score (nSPS) is 33.7. The lowest BCUT2D eigenvalue weighted by molar-refractivity contribution is 0.00857. The molecule has 5 heteroatoms. The number of rotatable bonds is 1. The molecule has 4 heterocycles. The van der Waals surface area contributed by atoms with E-state index < -0.39 is 0 Å². The highest BCUT2D eigenvalue weighted by Crippen LogP contribution is 2.31. The second-order valence-corrected chi connectivity index (χ2v) is 5.86. The Balaban J connectivity index is 1.71. The molecule has 0 saturated carbocycles. The van der Waals surface area contributed by atoms with Gasteiger partial charge >= 0.3 is 0 Å². The Morgan fingerprint density at radius 2 is 1.89 bits per heavy atom. The summed E-state index contributed by atoms with van der Waals surface area (Å²) in [4.78, 5) is 14.4. The van der Waals surface area contributed by atoms with Crippen LogP contribution in [0.25, 0.3) is 0 Å². The van der Waals surface area contributed by atoms with E-state index in [1.54, 1.807) is 0 Å². The predicted octanol–water partition coefficient (Wildman–Crippen LogP) is 1.29. The molecule has 0 spiro atoms. The SMILES string of the molecule is Clc1nc(C2CN3CCN2CC3)nc2c1CCC2. The van der Waals surface area contributed by atoms with Gasteiger partial charge in [0.1, 0.15) is 11.0 Å². The number of hydrogen-bond donors (Lipinski definition) is 0. The average Bonchev–Trinajstić information content (AvgIpc) is 2.89. The van der Waals surface area contributed by atoms with Gasteiger partial charge < -0.3 is 0 Å². The van der Waals surface area contributed by atoms with Gasteiger partial charge in [0.25, 0.3) is 0 Å². The van der Waals surface area contributed by atoms with Crippen molar-refractivity contribution in [2.75, 3.05) is 32.7 Å². The highest BCUT2D eigenvalue weighted by molar-refractivity contribution is 6.30. The molecule has 96 valence electrons. The van der Waals surface area contributed by atoms with Crippen LogP contribution < -0.4 is 0 Å². The lowest BCUT2D eigenvalue weighted by Crippen LogP contribution is -2.57. The molecule has 3 saturated heterocycles. The highest BCUT2D eigenvalue weighted by atomic mass is 35.5. The lowest BCUT2D eigenvalue weighted by Gasteiger charge is -2.46. The molecule has 3 fully saturated rings. The number of aryl methyl sites for hydroxylation is 1. The van der Waals surface area contributed by atoms with Crippen molar-refractivity contribution in [2.45, 2.75) is 25.3 Å². The fourth-order valence-corrected chi connectivity index (χ4v) is 3.71. The van der Waals surface area contributed by atoms with E-state index in [0.29, 0.717) is 11.2 Å². The smallest absolute Gasteiger partial charge is 0.148 e. The summed E-state index contributed by atoms with van der Waals surface area (Å²) in [5.74, 6) is 0.949. The van der Waals surface area contributed by atoms with E-state index in [1.807, 2.05) is 0 Å². The number of nitrogens with zero attached hydrogens (tertiary/aromatic N) is 4. The Kier molecular flexibility index (Phi) is 2.57. The molecule has 0 aromatic carbocycles. The number of hydrogen-bond acceptors (Lipinski definition) is 4. The second kappa shape index (κ2) is 4.15. The van der Waals surface area contributed by atoms with Crippen LogP contribution in [0.2, 0.25) is 5.15 Å². The van der Waals surface area contributed by atoms with Crippen LogP contribution in [-0.2, 0) is 12.8 Å². The van der Waals surface area contributed by atoms with Gasteiger partial charge in [-0.05, 0) is 19.3 Å². The minimum atomic E-state index is 0.357. The molecule has 1 aliphatic carbocycles. The van der Waals surface area contributed by atoms with E-state index >= 15 is 0 Å². The molecular formula is C13H17ClN4. The molecule has 1 unspecified atom stereocenters. The van der Waals surface area contributed by atoms with Crippen LogP contribution >= 0.6 is 11.6 Å². The van der Waals surface area contributed by atoms with Crippen molar-refractivity contribution in [2.24, 2.45) is 0 Å². The summed E-state index contributed by atoms with van der Waals surface area (Å²) in [6, 6.07) is 0.357. The molecule has 18 heavy (non-hydrogen) atoms. The number of halogens is 1. The molecule has 0 amide bonds. The quantitative estimate of drug-likeness (QED) is 0.716. The first-order valence-corrected chi connectivity index (χ1v) is 7.20. The molecule has 3 aliphatic heterocycles. The van der Waals surface area contributed by atoms with Crippen LogP contribution in [-0.4, -0.2) is 52.5 Å². The fraction of sp³-hybridized carbons (Fsp3) is 0.692. The predicted molar refractivity (Wildman–Crippen MR) is 69.8 cm³/mol. The zero-order valence-corrected chi connectivity index (χ0v) is 11.2. The summed E-state index contributed by atoms with van der Waals surface area (Å²) in [6.07, 6.45) is 3.30. The highest BCUT2D eigenvalue weighted by Gasteiger charge is 2.35. The van der Waals surface area contributed by atoms with Crippen molar-refractivity contribution in [1.82, 2.24) is 19.8 Å². The maximum Gasteiger partial charge on any atom is 0.148 e. The molecule has 0 N–H and O–H groups in total. The zero-order valence-electron chi connectivity index (χ0n) is 10.4. The monoisotopic (exact) mass is 264 g/mol. The van der Waals surface area contributed by atoms with E-state index in [4.69, 9.17) is 16.6 Å². The van der Waals surface area contributed by atoms with E-state index in [1.165, 1.54) is 30.8 Å². The maximum atomic E-state index is 6.31. The largest absolute Gasteiger partial charge is 0.299 e. The summed E-state index contributed by atoms with van der Waals surface area (Å²) in [5.41, 5.74) is 2.39. The first-order valence-electron chi connectivity index (χ1n) is 6.83. The van der Waals surface area contributed by atoms with Crippen molar-refractivity contribution in [1.29, 1.82) is 0 Å². The number of piperazine rings is 3. The Hall–Kier alpha value is -0.710. The number of fused-ring (bicyclic) bond motifs is 4. The molecule has 0 radical (unpaired) electrons. The Morgan fingerprint density at radius 3 is 2.61 bits per heavy atom. The lowest BCUT2D eigenvalue weighted by atomic mass is 10.1. The van der Waals surface area contributed by atoms with Gasteiger partial charge in [0, 0.05) is 44.0 Å². The molecule has 1 aromatic heterocycles. The first-order chi connectivity index (χ1) is 8.81. The molecule has 2 bridgehead atoms. The van der Waals surface area contributed by atoms with Gasteiger partial charge in [-0.25, -0.2) is 9.97 Å². The van der Waals surface area contributed by atoms with Crippen molar-refractivity contribution in [3.63, 3.8) is 0 Å². The van der Waals surface area contributed by atoms with Crippen molar-refractivity contribution in [3.8, 4) is 0 Å². The summed E-state index contributed by atoms with van der Waals surface area (Å²) in [6.45, 7) is 5.73. The van der Waals surface area contributed by atoms with Crippen LogP contribution in [0.3, 0.4) is 0 Å². The van der Waals surface area contributed by atoms with E-state index in [0.717, 1.165) is 38.3 Å². The molecule has 4 nitrogen and oxygen atoms in total. The van der Waals surface area contributed by atoms with Gasteiger partial charge in [0.15, 0.2) is 0 Å². The van der Waals surface area contributed by atoms with Crippen LogP contribution in [0.15, 0.2) is 0 Å². The fourth-order valence-electron chi connectivity index (χ4n) is 3.42. The molecule has 5 rings (SSSR count). The molecule has 4 aliphatic rings. The van der Waals surface area contributed by atoms with E-state index in [2.05, 4.69) is 14.8 Å². The van der Waals surface area contributed by atoms with Gasteiger partial charge in [-0.15, -0.1) is 0 Å². The topological polar surface area (TPSA) is 32.3 Å². The Bertz CT molecular complexity index is 482. The summed E-state index contributed by atoms with van der Waals surface area (Å²) in [7, 11) is 0. The minimum absolute atomic E-state index is 0.357. The van der Waals surface area contributed by atoms with Gasteiger partial charge in [-0.2, -0.15) is 0 Å². The summed E-state index contributed by atoms with van der Waals surface area (Å²) >= 11 is 6.31. The molecule has 1 atom stereocenters. The second-order valence-electron chi connectivity index (χ2n) is 5.50. The first kappa shape index (κ1) is 11.1. The van der Waals surface area contributed by atoms with Gasteiger partial charge in [-0.1, -0.05) is 11.6 Å². The van der Waals surface area contributed by atoms with Gasteiger partial charge in [0.2, 0.25) is 0 Å². The maximum absolute atomic E-state index is 6.31. The standard InChI is InChI=1S/C13H17ClN4/c14-12-9-2-1-3-10(9)15-13(16-12)11-8-17-4-6-18(11)7-5-17/h11H,1-8H2. The van der Waals surface area contributed by atoms with Crippen molar-refractivity contribution < 1.29 is 0 Å².